The molecule has 0 radical (unpaired) electrons. The molecule has 0 amide bonds. The molecule has 0 aliphatic heterocycles. The Morgan fingerprint density at radius 2 is 2.15 bits per heavy atom. The highest BCUT2D eigenvalue weighted by Gasteiger charge is 2.15. The number of benzene rings is 1. The average Bonchev–Trinajstić information content (AvgIpc) is 2.33. The van der Waals surface area contributed by atoms with Crippen molar-refractivity contribution in [3.63, 3.8) is 0 Å². The van der Waals surface area contributed by atoms with Gasteiger partial charge in [0.05, 0.1) is 6.21 Å². The van der Waals surface area contributed by atoms with Crippen LogP contribution < -0.4 is 5.59 Å². The molecule has 0 aromatic heterocycles. The van der Waals surface area contributed by atoms with E-state index in [1.165, 1.54) is 6.21 Å². The van der Waals surface area contributed by atoms with E-state index >= 15 is 0 Å². The highest BCUT2D eigenvalue weighted by molar-refractivity contribution is 5.81. The Balaban J connectivity index is 2.59. The smallest absolute Gasteiger partial charge is 0.306 e. The molecule has 0 aliphatic carbocycles. The van der Waals surface area contributed by atoms with Gasteiger partial charge in [-0.25, -0.2) is 0 Å². The fourth-order valence-electron chi connectivity index (χ4n) is 1.78. The molecule has 0 spiro atoms. The van der Waals surface area contributed by atoms with Crippen LogP contribution in [0.5, 0.6) is 0 Å². The van der Waals surface area contributed by atoms with Crippen molar-refractivity contribution in [3.05, 3.63) is 34.9 Å². The number of hydrogen-bond donors (Lipinski definition) is 2. The largest absolute Gasteiger partial charge is 0.460 e. The monoisotopic (exact) mass is 278 g/mol. The quantitative estimate of drug-likeness (QED) is 0.493. The summed E-state index contributed by atoms with van der Waals surface area (Å²) in [4.78, 5) is 11.6. The normalized spacial score (nSPS) is 11.7. The number of carbonyl (C=O) groups excluding carboxylic acids is 1. The zero-order valence-corrected chi connectivity index (χ0v) is 12.4. The van der Waals surface area contributed by atoms with E-state index in [1.54, 1.807) is 5.59 Å². The first-order valence-corrected chi connectivity index (χ1v) is 6.55. The fraction of sp³-hybridized carbons (Fsp3) is 0.467. The lowest BCUT2D eigenvalue weighted by atomic mass is 10.0. The van der Waals surface area contributed by atoms with Crippen LogP contribution in [-0.4, -0.2) is 23.0 Å². The second kappa shape index (κ2) is 7.05. The zero-order chi connectivity index (χ0) is 15.2. The maximum absolute atomic E-state index is 11.6. The van der Waals surface area contributed by atoms with Crippen molar-refractivity contribution < 1.29 is 14.7 Å². The highest BCUT2D eigenvalue weighted by atomic mass is 16.6. The van der Waals surface area contributed by atoms with Gasteiger partial charge in [0.1, 0.15) is 5.60 Å². The molecule has 5 heteroatoms. The van der Waals surface area contributed by atoms with E-state index < -0.39 is 5.60 Å². The number of hydrazone groups is 1. The lowest BCUT2D eigenvalue weighted by Crippen LogP contribution is -2.24. The molecule has 2 N–H and O–H groups in total. The summed E-state index contributed by atoms with van der Waals surface area (Å²) in [5, 5.41) is 12.0. The number of carbonyl (C=O) groups is 1. The number of nitrogens with one attached hydrogen (secondary N) is 1. The molecule has 0 heterocycles. The van der Waals surface area contributed by atoms with Crippen molar-refractivity contribution in [2.45, 2.75) is 46.1 Å². The minimum Gasteiger partial charge on any atom is -0.460 e. The van der Waals surface area contributed by atoms with E-state index in [-0.39, 0.29) is 5.97 Å². The molecule has 0 unspecified atom stereocenters. The van der Waals surface area contributed by atoms with Gasteiger partial charge in [0.15, 0.2) is 0 Å². The summed E-state index contributed by atoms with van der Waals surface area (Å²) in [5.74, 6) is -0.190. The van der Waals surface area contributed by atoms with Crippen LogP contribution in [-0.2, 0) is 16.0 Å². The van der Waals surface area contributed by atoms with Crippen LogP contribution in [0.15, 0.2) is 23.3 Å². The van der Waals surface area contributed by atoms with Gasteiger partial charge < -0.3 is 4.74 Å². The highest BCUT2D eigenvalue weighted by Crippen LogP contribution is 2.13. The maximum Gasteiger partial charge on any atom is 0.306 e. The minimum atomic E-state index is -0.440. The Bertz CT molecular complexity index is 490. The Labute approximate surface area is 119 Å². The number of hydrogen-bond acceptors (Lipinski definition) is 5. The van der Waals surface area contributed by atoms with Crippen molar-refractivity contribution in [1.82, 2.24) is 5.59 Å². The minimum absolute atomic E-state index is 0.190. The van der Waals surface area contributed by atoms with Crippen molar-refractivity contribution in [3.8, 4) is 0 Å². The van der Waals surface area contributed by atoms with Gasteiger partial charge in [0.2, 0.25) is 0 Å². The molecular weight excluding hydrogens is 256 g/mol. The summed E-state index contributed by atoms with van der Waals surface area (Å²) in [6.45, 7) is 7.53. The average molecular weight is 278 g/mol. The van der Waals surface area contributed by atoms with Gasteiger partial charge in [0.25, 0.3) is 0 Å². The predicted molar refractivity (Wildman–Crippen MR) is 77.9 cm³/mol. The Kier molecular flexibility index (Phi) is 5.70. The maximum atomic E-state index is 11.6. The molecular formula is C15H22N2O3. The van der Waals surface area contributed by atoms with E-state index in [9.17, 15) is 4.79 Å². The van der Waals surface area contributed by atoms with Gasteiger partial charge in [-0.15, -0.1) is 0 Å². The van der Waals surface area contributed by atoms with E-state index in [0.29, 0.717) is 12.8 Å². The van der Waals surface area contributed by atoms with Gasteiger partial charge in [-0.3, -0.25) is 10.0 Å². The zero-order valence-electron chi connectivity index (χ0n) is 12.4. The third-order valence-corrected chi connectivity index (χ3v) is 2.63. The van der Waals surface area contributed by atoms with Crippen LogP contribution in [0.25, 0.3) is 0 Å². The molecule has 110 valence electrons. The van der Waals surface area contributed by atoms with Crippen LogP contribution >= 0.6 is 0 Å². The molecule has 5 nitrogen and oxygen atoms in total. The molecule has 0 aliphatic rings. The van der Waals surface area contributed by atoms with E-state index in [0.717, 1.165) is 16.7 Å². The summed E-state index contributed by atoms with van der Waals surface area (Å²) in [6.07, 6.45) is 2.54. The number of aryl methyl sites for hydroxylation is 2. The van der Waals surface area contributed by atoms with Crippen molar-refractivity contribution in [1.29, 1.82) is 0 Å². The van der Waals surface area contributed by atoms with Crippen LogP contribution in [0.4, 0.5) is 0 Å². The number of rotatable bonds is 5. The standard InChI is InChI=1S/C15H22N2O3/c1-11-9-12(5-7-13(11)10-16-17-19)6-8-14(18)20-15(2,3)4/h5,7,9-10,17,19H,6,8H2,1-4H3. The van der Waals surface area contributed by atoms with Crippen LogP contribution in [0.2, 0.25) is 0 Å². The molecule has 0 bridgehead atoms. The molecule has 1 rings (SSSR count). The summed E-state index contributed by atoms with van der Waals surface area (Å²) < 4.78 is 5.27. The SMILES string of the molecule is Cc1cc(CCC(=O)OC(C)(C)C)ccc1C=NNO. The molecule has 20 heavy (non-hydrogen) atoms. The van der Waals surface area contributed by atoms with Crippen LogP contribution in [0.3, 0.4) is 0 Å². The van der Waals surface area contributed by atoms with E-state index in [2.05, 4.69) is 5.10 Å². The van der Waals surface area contributed by atoms with Gasteiger partial charge in [-0.05, 0) is 50.8 Å². The molecule has 1 aromatic rings. The molecule has 0 fully saturated rings. The van der Waals surface area contributed by atoms with Gasteiger partial charge >= 0.3 is 5.97 Å². The second-order valence-corrected chi connectivity index (χ2v) is 5.64. The van der Waals surface area contributed by atoms with Gasteiger partial charge in [-0.2, -0.15) is 10.7 Å². The topological polar surface area (TPSA) is 70.9 Å². The number of esters is 1. The number of nitrogens with zero attached hydrogens (tertiary/aromatic N) is 1. The second-order valence-electron chi connectivity index (χ2n) is 5.64. The molecule has 1 aromatic carbocycles. The first-order chi connectivity index (χ1) is 9.31. The van der Waals surface area contributed by atoms with Gasteiger partial charge in [-0.1, -0.05) is 18.2 Å². The van der Waals surface area contributed by atoms with E-state index in [4.69, 9.17) is 9.94 Å². The number of ether oxygens (including phenoxy) is 1. The van der Waals surface area contributed by atoms with Gasteiger partial charge in [0, 0.05) is 6.42 Å². The first kappa shape index (κ1) is 16.2. The Morgan fingerprint density at radius 1 is 1.45 bits per heavy atom. The Hall–Kier alpha value is -1.88. The summed E-state index contributed by atoms with van der Waals surface area (Å²) in [7, 11) is 0. The fourth-order valence-corrected chi connectivity index (χ4v) is 1.78. The van der Waals surface area contributed by atoms with Crippen molar-refractivity contribution in [2.24, 2.45) is 5.10 Å². The molecule has 0 atom stereocenters. The van der Waals surface area contributed by atoms with E-state index in [1.807, 2.05) is 45.9 Å². The first-order valence-electron chi connectivity index (χ1n) is 6.55. The third kappa shape index (κ3) is 5.84. The lowest BCUT2D eigenvalue weighted by Gasteiger charge is -2.19. The molecule has 0 saturated heterocycles. The van der Waals surface area contributed by atoms with Crippen molar-refractivity contribution >= 4 is 12.2 Å². The lowest BCUT2D eigenvalue weighted by molar-refractivity contribution is -0.154. The Morgan fingerprint density at radius 3 is 2.70 bits per heavy atom. The van der Waals surface area contributed by atoms with Crippen molar-refractivity contribution in [2.75, 3.05) is 0 Å². The predicted octanol–water partition coefficient (Wildman–Crippen LogP) is 2.58. The van der Waals surface area contributed by atoms with Crippen LogP contribution in [0, 0.1) is 6.92 Å². The summed E-state index contributed by atoms with van der Waals surface area (Å²) in [6, 6.07) is 5.85. The third-order valence-electron chi connectivity index (χ3n) is 2.63. The summed E-state index contributed by atoms with van der Waals surface area (Å²) >= 11 is 0. The summed E-state index contributed by atoms with van der Waals surface area (Å²) in [5.41, 5.74) is 4.30. The van der Waals surface area contributed by atoms with Crippen LogP contribution in [0.1, 0.15) is 43.9 Å². The molecule has 0 saturated carbocycles.